The van der Waals surface area contributed by atoms with E-state index in [-0.39, 0.29) is 6.10 Å². The summed E-state index contributed by atoms with van der Waals surface area (Å²) in [6.45, 7) is 5.73. The van der Waals surface area contributed by atoms with Gasteiger partial charge in [-0.1, -0.05) is 37.3 Å². The van der Waals surface area contributed by atoms with Gasteiger partial charge in [-0.15, -0.1) is 11.3 Å². The minimum Gasteiger partial charge on any atom is -0.367 e. The molecule has 0 aliphatic rings. The van der Waals surface area contributed by atoms with Crippen LogP contribution in [-0.2, 0) is 17.7 Å². The molecule has 0 bridgehead atoms. The quantitative estimate of drug-likeness (QED) is 0.846. The molecule has 4 heteroatoms. The number of benzene rings is 1. The molecule has 108 valence electrons. The van der Waals surface area contributed by atoms with E-state index in [4.69, 9.17) is 9.72 Å². The van der Waals surface area contributed by atoms with E-state index in [0.29, 0.717) is 6.61 Å². The lowest BCUT2D eigenvalue weighted by atomic mass is 10.1. The SMILES string of the molecule is CCOC(c1ccccc1)c1nc(CC)c(CNC)s1. The van der Waals surface area contributed by atoms with Gasteiger partial charge in [-0.3, -0.25) is 0 Å². The van der Waals surface area contributed by atoms with Crippen LogP contribution >= 0.6 is 11.3 Å². The second kappa shape index (κ2) is 7.53. The summed E-state index contributed by atoms with van der Waals surface area (Å²) in [5.41, 5.74) is 2.35. The third-order valence-electron chi connectivity index (χ3n) is 3.13. The Morgan fingerprint density at radius 1 is 1.25 bits per heavy atom. The Morgan fingerprint density at radius 3 is 2.60 bits per heavy atom. The molecule has 1 unspecified atom stereocenters. The van der Waals surface area contributed by atoms with Crippen molar-refractivity contribution in [2.45, 2.75) is 32.9 Å². The zero-order chi connectivity index (χ0) is 14.4. The molecule has 1 aromatic heterocycles. The number of ether oxygens (including phenoxy) is 1. The molecule has 0 saturated carbocycles. The monoisotopic (exact) mass is 290 g/mol. The fourth-order valence-electron chi connectivity index (χ4n) is 2.19. The van der Waals surface area contributed by atoms with E-state index < -0.39 is 0 Å². The predicted molar refractivity (Wildman–Crippen MR) is 84.2 cm³/mol. The molecule has 1 aromatic carbocycles. The van der Waals surface area contributed by atoms with Gasteiger partial charge in [0.25, 0.3) is 0 Å². The van der Waals surface area contributed by atoms with Gasteiger partial charge in [0, 0.05) is 18.0 Å². The van der Waals surface area contributed by atoms with Gasteiger partial charge >= 0.3 is 0 Å². The maximum Gasteiger partial charge on any atom is 0.134 e. The molecule has 1 atom stereocenters. The molecule has 1 N–H and O–H groups in total. The molecule has 0 amide bonds. The van der Waals surface area contributed by atoms with E-state index in [2.05, 4.69) is 24.4 Å². The van der Waals surface area contributed by atoms with E-state index in [1.54, 1.807) is 11.3 Å². The fraction of sp³-hybridized carbons (Fsp3) is 0.438. The van der Waals surface area contributed by atoms with Crippen LogP contribution in [0.3, 0.4) is 0 Å². The normalized spacial score (nSPS) is 12.6. The second-order valence-corrected chi connectivity index (χ2v) is 5.67. The highest BCUT2D eigenvalue weighted by atomic mass is 32.1. The minimum atomic E-state index is -0.0536. The molecule has 20 heavy (non-hydrogen) atoms. The van der Waals surface area contributed by atoms with Gasteiger partial charge in [0.2, 0.25) is 0 Å². The van der Waals surface area contributed by atoms with Gasteiger partial charge in [0.1, 0.15) is 11.1 Å². The van der Waals surface area contributed by atoms with Crippen molar-refractivity contribution in [3.8, 4) is 0 Å². The van der Waals surface area contributed by atoms with Crippen LogP contribution in [-0.4, -0.2) is 18.6 Å². The smallest absolute Gasteiger partial charge is 0.134 e. The van der Waals surface area contributed by atoms with Crippen LogP contribution in [0.2, 0.25) is 0 Å². The van der Waals surface area contributed by atoms with Crippen LogP contribution in [0, 0.1) is 0 Å². The van der Waals surface area contributed by atoms with Gasteiger partial charge in [0.05, 0.1) is 5.69 Å². The van der Waals surface area contributed by atoms with Crippen LogP contribution < -0.4 is 5.32 Å². The molecular formula is C16H22N2OS. The van der Waals surface area contributed by atoms with E-state index in [0.717, 1.165) is 18.0 Å². The van der Waals surface area contributed by atoms with Gasteiger partial charge in [-0.05, 0) is 26.0 Å². The molecule has 1 heterocycles. The van der Waals surface area contributed by atoms with Gasteiger partial charge in [-0.25, -0.2) is 4.98 Å². The number of nitrogens with one attached hydrogen (secondary N) is 1. The zero-order valence-corrected chi connectivity index (χ0v) is 13.2. The molecule has 0 aliphatic heterocycles. The third-order valence-corrected chi connectivity index (χ3v) is 4.27. The second-order valence-electron chi connectivity index (χ2n) is 4.55. The third kappa shape index (κ3) is 3.45. The molecule has 0 aliphatic carbocycles. The van der Waals surface area contributed by atoms with Crippen molar-refractivity contribution in [1.82, 2.24) is 10.3 Å². The zero-order valence-electron chi connectivity index (χ0n) is 12.3. The average Bonchev–Trinajstić information content (AvgIpc) is 2.89. The number of aromatic nitrogens is 1. The highest BCUT2D eigenvalue weighted by Crippen LogP contribution is 2.31. The summed E-state index contributed by atoms with van der Waals surface area (Å²) in [7, 11) is 1.97. The van der Waals surface area contributed by atoms with Crippen molar-refractivity contribution in [1.29, 1.82) is 0 Å². The van der Waals surface area contributed by atoms with Gasteiger partial charge in [0.15, 0.2) is 0 Å². The number of rotatable bonds is 7. The van der Waals surface area contributed by atoms with E-state index in [9.17, 15) is 0 Å². The Kier molecular flexibility index (Phi) is 5.71. The molecule has 0 fully saturated rings. The Balaban J connectivity index is 2.34. The number of aryl methyl sites for hydroxylation is 1. The summed E-state index contributed by atoms with van der Waals surface area (Å²) in [5, 5.41) is 4.27. The standard InChI is InChI=1S/C16H22N2OS/c1-4-13-14(11-17-3)20-16(18-13)15(19-5-2)12-9-7-6-8-10-12/h6-10,15,17H,4-5,11H2,1-3H3. The first-order valence-electron chi connectivity index (χ1n) is 7.09. The Labute approximate surface area is 125 Å². The number of nitrogens with zero attached hydrogens (tertiary/aromatic N) is 1. The predicted octanol–water partition coefficient (Wildman–Crippen LogP) is 3.55. The Morgan fingerprint density at radius 2 is 2.00 bits per heavy atom. The van der Waals surface area contributed by atoms with E-state index in [1.807, 2.05) is 32.2 Å². The topological polar surface area (TPSA) is 34.1 Å². The van der Waals surface area contributed by atoms with Crippen molar-refractivity contribution in [3.05, 3.63) is 51.5 Å². The van der Waals surface area contributed by atoms with Crippen LogP contribution in [0.15, 0.2) is 30.3 Å². The Hall–Kier alpha value is -1.23. The van der Waals surface area contributed by atoms with Crippen LogP contribution in [0.25, 0.3) is 0 Å². The number of thiazole rings is 1. The first-order valence-corrected chi connectivity index (χ1v) is 7.91. The van der Waals surface area contributed by atoms with Crippen LogP contribution in [0.1, 0.15) is 41.1 Å². The maximum absolute atomic E-state index is 5.93. The minimum absolute atomic E-state index is 0.0536. The average molecular weight is 290 g/mol. The first-order chi connectivity index (χ1) is 9.80. The summed E-state index contributed by atoms with van der Waals surface area (Å²) in [6, 6.07) is 10.3. The van der Waals surface area contributed by atoms with E-state index >= 15 is 0 Å². The Bertz CT molecular complexity index is 525. The lowest BCUT2D eigenvalue weighted by molar-refractivity contribution is 0.0910. The maximum atomic E-state index is 5.93. The van der Waals surface area contributed by atoms with Gasteiger partial charge in [-0.2, -0.15) is 0 Å². The van der Waals surface area contributed by atoms with Crippen molar-refractivity contribution >= 4 is 11.3 Å². The summed E-state index contributed by atoms with van der Waals surface area (Å²) in [5.74, 6) is 0. The van der Waals surface area contributed by atoms with Crippen molar-refractivity contribution in [2.75, 3.05) is 13.7 Å². The van der Waals surface area contributed by atoms with E-state index in [1.165, 1.54) is 16.1 Å². The van der Waals surface area contributed by atoms with Crippen molar-refractivity contribution in [2.24, 2.45) is 0 Å². The lowest BCUT2D eigenvalue weighted by Gasteiger charge is -2.14. The highest BCUT2D eigenvalue weighted by Gasteiger charge is 2.20. The lowest BCUT2D eigenvalue weighted by Crippen LogP contribution is -2.06. The highest BCUT2D eigenvalue weighted by molar-refractivity contribution is 7.11. The fourth-order valence-corrected chi connectivity index (χ4v) is 3.44. The number of hydrogen-bond donors (Lipinski definition) is 1. The molecule has 2 rings (SSSR count). The largest absolute Gasteiger partial charge is 0.367 e. The molecule has 0 spiro atoms. The number of hydrogen-bond acceptors (Lipinski definition) is 4. The van der Waals surface area contributed by atoms with Crippen molar-refractivity contribution in [3.63, 3.8) is 0 Å². The summed E-state index contributed by atoms with van der Waals surface area (Å²) in [4.78, 5) is 6.11. The van der Waals surface area contributed by atoms with Gasteiger partial charge < -0.3 is 10.1 Å². The molecule has 2 aromatic rings. The molecular weight excluding hydrogens is 268 g/mol. The molecule has 3 nitrogen and oxygen atoms in total. The van der Waals surface area contributed by atoms with Crippen molar-refractivity contribution < 1.29 is 4.74 Å². The summed E-state index contributed by atoms with van der Waals surface area (Å²) in [6.07, 6.45) is 0.906. The molecule has 0 saturated heterocycles. The molecule has 0 radical (unpaired) electrons. The summed E-state index contributed by atoms with van der Waals surface area (Å²) >= 11 is 1.75. The summed E-state index contributed by atoms with van der Waals surface area (Å²) < 4.78 is 5.93. The first kappa shape index (κ1) is 15.2. The van der Waals surface area contributed by atoms with Crippen LogP contribution in [0.5, 0.6) is 0 Å². The van der Waals surface area contributed by atoms with Crippen LogP contribution in [0.4, 0.5) is 0 Å².